The predicted molar refractivity (Wildman–Crippen MR) is 95.2 cm³/mol. The summed E-state index contributed by atoms with van der Waals surface area (Å²) in [7, 11) is 5.17. The number of benzene rings is 2. The highest BCUT2D eigenvalue weighted by molar-refractivity contribution is 5.85. The zero-order chi connectivity index (χ0) is 16.5. The van der Waals surface area contributed by atoms with Gasteiger partial charge in [-0.25, -0.2) is 0 Å². The minimum Gasteiger partial charge on any atom is -0.497 e. The van der Waals surface area contributed by atoms with E-state index < -0.39 is 0 Å². The zero-order valence-corrected chi connectivity index (χ0v) is 14.1. The third kappa shape index (κ3) is 5.14. The van der Waals surface area contributed by atoms with Gasteiger partial charge in [0.2, 0.25) is 0 Å². The molecule has 0 aromatic heterocycles. The van der Waals surface area contributed by atoms with E-state index in [2.05, 4.69) is 39.9 Å². The van der Waals surface area contributed by atoms with Crippen molar-refractivity contribution in [2.24, 2.45) is 4.99 Å². The number of aliphatic imine (C=N–C) groups is 1. The Hall–Kier alpha value is -2.27. The van der Waals surface area contributed by atoms with Crippen LogP contribution in [0.15, 0.2) is 41.4 Å². The number of nitrogens with zero attached hydrogens (tertiary/aromatic N) is 1. The van der Waals surface area contributed by atoms with Gasteiger partial charge in [0.25, 0.3) is 0 Å². The molecule has 0 fully saturated rings. The van der Waals surface area contributed by atoms with Crippen molar-refractivity contribution in [2.75, 3.05) is 34.4 Å². The zero-order valence-electron chi connectivity index (χ0n) is 14.1. The lowest BCUT2D eigenvalue weighted by molar-refractivity contribution is 0.195. The fourth-order valence-corrected chi connectivity index (χ4v) is 2.34. The highest BCUT2D eigenvalue weighted by atomic mass is 16.5. The highest BCUT2D eigenvalue weighted by Gasteiger charge is 2.01. The molecule has 2 rings (SSSR count). The maximum absolute atomic E-state index is 5.26. The molecule has 0 unspecified atom stereocenters. The summed E-state index contributed by atoms with van der Waals surface area (Å²) in [6, 6.07) is 12.5. The first-order valence-electron chi connectivity index (χ1n) is 7.77. The minimum atomic E-state index is 0.728. The van der Waals surface area contributed by atoms with Crippen LogP contribution in [0.2, 0.25) is 0 Å². The molecule has 23 heavy (non-hydrogen) atoms. The molecule has 2 N–H and O–H groups in total. The second-order valence-electron chi connectivity index (χ2n) is 5.25. The Labute approximate surface area is 137 Å². The van der Waals surface area contributed by atoms with E-state index >= 15 is 0 Å². The first-order chi connectivity index (χ1) is 11.3. The third-order valence-corrected chi connectivity index (χ3v) is 3.61. The average molecular weight is 315 g/mol. The van der Waals surface area contributed by atoms with Crippen molar-refractivity contribution >= 4 is 16.7 Å². The number of methoxy groups -OCH3 is 2. The number of hydrogen-bond acceptors (Lipinski definition) is 3. The van der Waals surface area contributed by atoms with Gasteiger partial charge in [-0.05, 0) is 41.0 Å². The van der Waals surface area contributed by atoms with Crippen molar-refractivity contribution in [1.82, 2.24) is 10.6 Å². The summed E-state index contributed by atoms with van der Waals surface area (Å²) in [5.41, 5.74) is 1.21. The fourth-order valence-electron chi connectivity index (χ4n) is 2.34. The second kappa shape index (κ2) is 9.00. The largest absolute Gasteiger partial charge is 0.497 e. The Morgan fingerprint density at radius 3 is 2.57 bits per heavy atom. The molecule has 0 atom stereocenters. The summed E-state index contributed by atoms with van der Waals surface area (Å²) >= 11 is 0. The van der Waals surface area contributed by atoms with E-state index in [1.165, 1.54) is 16.3 Å². The molecular weight excluding hydrogens is 290 g/mol. The van der Waals surface area contributed by atoms with Gasteiger partial charge in [-0.15, -0.1) is 0 Å². The summed E-state index contributed by atoms with van der Waals surface area (Å²) in [6.07, 6.45) is 0.953. The van der Waals surface area contributed by atoms with Crippen molar-refractivity contribution < 1.29 is 9.47 Å². The Bertz CT molecular complexity index is 656. The maximum Gasteiger partial charge on any atom is 0.191 e. The van der Waals surface area contributed by atoms with Crippen LogP contribution in [0, 0.1) is 0 Å². The van der Waals surface area contributed by atoms with Crippen molar-refractivity contribution in [2.45, 2.75) is 13.0 Å². The molecule has 124 valence electrons. The molecule has 0 radical (unpaired) electrons. The Balaban J connectivity index is 1.93. The third-order valence-electron chi connectivity index (χ3n) is 3.61. The van der Waals surface area contributed by atoms with Crippen molar-refractivity contribution in [3.05, 3.63) is 42.0 Å². The number of nitrogens with one attached hydrogen (secondary N) is 2. The van der Waals surface area contributed by atoms with Crippen molar-refractivity contribution in [3.8, 4) is 5.75 Å². The highest BCUT2D eigenvalue weighted by Crippen LogP contribution is 2.21. The van der Waals surface area contributed by atoms with Crippen LogP contribution < -0.4 is 15.4 Å². The Kier molecular flexibility index (Phi) is 6.69. The Morgan fingerprint density at radius 2 is 1.83 bits per heavy atom. The standard InChI is InChI=1S/C18H25N3O2/c1-19-18(20-9-4-10-22-2)21-13-14-5-6-16-12-17(23-3)8-7-15(16)11-14/h5-8,11-12H,4,9-10,13H2,1-3H3,(H2,19,20,21). The number of rotatable bonds is 7. The molecule has 0 saturated heterocycles. The lowest BCUT2D eigenvalue weighted by Crippen LogP contribution is -2.37. The van der Waals surface area contributed by atoms with Gasteiger partial charge < -0.3 is 20.1 Å². The molecule has 0 bridgehead atoms. The van der Waals surface area contributed by atoms with Crippen molar-refractivity contribution in [3.63, 3.8) is 0 Å². The monoisotopic (exact) mass is 315 g/mol. The molecule has 0 amide bonds. The van der Waals surface area contributed by atoms with Gasteiger partial charge in [-0.1, -0.05) is 18.2 Å². The topological polar surface area (TPSA) is 54.9 Å². The normalized spacial score (nSPS) is 11.5. The van der Waals surface area contributed by atoms with Crippen LogP contribution in [0.25, 0.3) is 10.8 Å². The van der Waals surface area contributed by atoms with Crippen LogP contribution in [-0.2, 0) is 11.3 Å². The molecule has 0 saturated carbocycles. The molecular formula is C18H25N3O2. The summed E-state index contributed by atoms with van der Waals surface area (Å²) in [6.45, 7) is 2.31. The molecule has 0 aliphatic heterocycles. The molecule has 0 spiro atoms. The summed E-state index contributed by atoms with van der Waals surface area (Å²) < 4.78 is 10.3. The molecule has 5 heteroatoms. The number of ether oxygens (including phenoxy) is 2. The molecule has 0 heterocycles. The molecule has 0 aliphatic rings. The van der Waals surface area contributed by atoms with E-state index in [9.17, 15) is 0 Å². The molecule has 5 nitrogen and oxygen atoms in total. The van der Waals surface area contributed by atoms with Crippen LogP contribution in [0.4, 0.5) is 0 Å². The summed E-state index contributed by atoms with van der Waals surface area (Å²) in [5.74, 6) is 1.68. The first-order valence-corrected chi connectivity index (χ1v) is 7.77. The lowest BCUT2D eigenvalue weighted by Gasteiger charge is -2.12. The van der Waals surface area contributed by atoms with Crippen LogP contribution in [0.3, 0.4) is 0 Å². The van der Waals surface area contributed by atoms with E-state index in [0.29, 0.717) is 0 Å². The van der Waals surface area contributed by atoms with Gasteiger partial charge in [-0.2, -0.15) is 0 Å². The van der Waals surface area contributed by atoms with Gasteiger partial charge >= 0.3 is 0 Å². The van der Waals surface area contributed by atoms with Gasteiger partial charge in [0.15, 0.2) is 5.96 Å². The SMILES string of the molecule is CN=C(NCCCOC)NCc1ccc2cc(OC)ccc2c1. The molecule has 2 aromatic rings. The van der Waals surface area contributed by atoms with Crippen molar-refractivity contribution in [1.29, 1.82) is 0 Å². The number of guanidine groups is 1. The fraction of sp³-hybridized carbons (Fsp3) is 0.389. The van der Waals surface area contributed by atoms with Gasteiger partial charge in [0.05, 0.1) is 7.11 Å². The van der Waals surface area contributed by atoms with Gasteiger partial charge in [-0.3, -0.25) is 4.99 Å². The second-order valence-corrected chi connectivity index (χ2v) is 5.25. The summed E-state index contributed by atoms with van der Waals surface area (Å²) in [4.78, 5) is 4.22. The van der Waals surface area contributed by atoms with Crippen LogP contribution >= 0.6 is 0 Å². The number of fused-ring (bicyclic) bond motifs is 1. The average Bonchev–Trinajstić information content (AvgIpc) is 2.60. The molecule has 0 aliphatic carbocycles. The van der Waals surface area contributed by atoms with Crippen LogP contribution in [0.5, 0.6) is 5.75 Å². The van der Waals surface area contributed by atoms with E-state index in [1.54, 1.807) is 21.3 Å². The smallest absolute Gasteiger partial charge is 0.191 e. The quantitative estimate of drug-likeness (QED) is 0.468. The van der Waals surface area contributed by atoms with Gasteiger partial charge in [0, 0.05) is 33.9 Å². The van der Waals surface area contributed by atoms with E-state index in [-0.39, 0.29) is 0 Å². The van der Waals surface area contributed by atoms with Gasteiger partial charge in [0.1, 0.15) is 5.75 Å². The van der Waals surface area contributed by atoms with Crippen LogP contribution in [0.1, 0.15) is 12.0 Å². The maximum atomic E-state index is 5.26. The molecule has 2 aromatic carbocycles. The number of hydrogen-bond donors (Lipinski definition) is 2. The van der Waals surface area contributed by atoms with E-state index in [1.807, 2.05) is 12.1 Å². The van der Waals surface area contributed by atoms with E-state index in [4.69, 9.17) is 9.47 Å². The lowest BCUT2D eigenvalue weighted by atomic mass is 10.1. The summed E-state index contributed by atoms with van der Waals surface area (Å²) in [5, 5.41) is 8.97. The van der Waals surface area contributed by atoms with E-state index in [0.717, 1.165) is 37.8 Å². The minimum absolute atomic E-state index is 0.728. The Morgan fingerprint density at radius 1 is 1.04 bits per heavy atom. The first kappa shape index (κ1) is 17.1. The predicted octanol–water partition coefficient (Wildman–Crippen LogP) is 2.55. The van der Waals surface area contributed by atoms with Crippen LogP contribution in [-0.4, -0.2) is 40.4 Å².